The molecule has 1 aliphatic carbocycles. The molecule has 2 heteroatoms. The van der Waals surface area contributed by atoms with Gasteiger partial charge < -0.3 is 4.79 Å². The summed E-state index contributed by atoms with van der Waals surface area (Å²) in [5, 5.41) is 0. The van der Waals surface area contributed by atoms with Crippen molar-refractivity contribution in [3.05, 3.63) is 11.6 Å². The third-order valence-corrected chi connectivity index (χ3v) is 2.70. The largest absolute Gasteiger partial charge is 0.300 e. The molecular weight excluding hydrogens is 212 g/mol. The highest BCUT2D eigenvalue weighted by Crippen LogP contribution is 2.32. The highest BCUT2D eigenvalue weighted by atomic mass is 16.1. The molecule has 0 aromatic heterocycles. The van der Waals surface area contributed by atoms with Gasteiger partial charge >= 0.3 is 0 Å². The zero-order valence-corrected chi connectivity index (χ0v) is 11.9. The molecule has 1 rings (SSSR count). The van der Waals surface area contributed by atoms with Gasteiger partial charge in [-0.1, -0.05) is 32.8 Å². The number of carbonyl (C=O) groups excluding carboxylic acids is 2. The summed E-state index contributed by atoms with van der Waals surface area (Å²) in [4.78, 5) is 21.2. The lowest BCUT2D eigenvalue weighted by Gasteiger charge is -2.27. The fourth-order valence-corrected chi connectivity index (χ4v) is 2.09. The van der Waals surface area contributed by atoms with E-state index in [1.54, 1.807) is 13.0 Å². The predicted octanol–water partition coefficient (Wildman–Crippen LogP) is 4.09. The van der Waals surface area contributed by atoms with Gasteiger partial charge in [0, 0.05) is 12.8 Å². The Morgan fingerprint density at radius 1 is 1.35 bits per heavy atom. The second-order valence-electron chi connectivity index (χ2n) is 5.78. The van der Waals surface area contributed by atoms with Crippen molar-refractivity contribution in [3.63, 3.8) is 0 Å². The van der Waals surface area contributed by atoms with Crippen molar-refractivity contribution in [2.24, 2.45) is 5.41 Å². The lowest BCUT2D eigenvalue weighted by atomic mass is 9.77. The van der Waals surface area contributed by atoms with E-state index in [4.69, 9.17) is 0 Å². The Morgan fingerprint density at radius 3 is 2.24 bits per heavy atom. The van der Waals surface area contributed by atoms with Crippen LogP contribution in [0.5, 0.6) is 0 Å². The monoisotopic (exact) mass is 238 g/mol. The number of hydrogen-bond donors (Lipinski definition) is 0. The summed E-state index contributed by atoms with van der Waals surface area (Å²) >= 11 is 0. The number of Topliss-reactive ketones (excluding diaryl/α,β-unsaturated/α-hetero) is 1. The molecule has 0 aromatic rings. The van der Waals surface area contributed by atoms with E-state index in [9.17, 15) is 9.59 Å². The van der Waals surface area contributed by atoms with Gasteiger partial charge in [0.15, 0.2) is 5.78 Å². The van der Waals surface area contributed by atoms with Gasteiger partial charge in [0.2, 0.25) is 0 Å². The highest BCUT2D eigenvalue weighted by Gasteiger charge is 2.25. The summed E-state index contributed by atoms with van der Waals surface area (Å²) in [6.07, 6.45) is 6.49. The summed E-state index contributed by atoms with van der Waals surface area (Å²) in [5.41, 5.74) is 1.43. The van der Waals surface area contributed by atoms with Crippen molar-refractivity contribution in [1.29, 1.82) is 0 Å². The predicted molar refractivity (Wildman–Crippen MR) is 72.0 cm³/mol. The lowest BCUT2D eigenvalue weighted by molar-refractivity contribution is -0.117. The van der Waals surface area contributed by atoms with E-state index < -0.39 is 0 Å². The van der Waals surface area contributed by atoms with Crippen molar-refractivity contribution < 1.29 is 9.59 Å². The normalized spacial score (nSPS) is 17.9. The molecule has 0 radical (unpaired) electrons. The molecule has 0 amide bonds. The first-order valence-corrected chi connectivity index (χ1v) is 6.46. The van der Waals surface area contributed by atoms with Gasteiger partial charge in [0.05, 0.1) is 0 Å². The summed E-state index contributed by atoms with van der Waals surface area (Å²) in [5.74, 6) is 0.593. The third-order valence-electron chi connectivity index (χ3n) is 2.70. The minimum atomic E-state index is 0.204. The maximum absolute atomic E-state index is 11.0. The van der Waals surface area contributed by atoms with Crippen LogP contribution < -0.4 is 0 Å². The van der Waals surface area contributed by atoms with Crippen molar-refractivity contribution in [3.8, 4) is 0 Å². The molecule has 0 bridgehead atoms. The number of carbonyl (C=O) groups is 2. The van der Waals surface area contributed by atoms with Crippen LogP contribution in [0.1, 0.15) is 66.7 Å². The van der Waals surface area contributed by atoms with E-state index in [0.717, 1.165) is 25.7 Å². The van der Waals surface area contributed by atoms with Crippen LogP contribution in [-0.2, 0) is 9.59 Å². The minimum absolute atomic E-state index is 0.204. The first kappa shape index (κ1) is 16.1. The molecule has 0 spiro atoms. The van der Waals surface area contributed by atoms with Gasteiger partial charge in [-0.2, -0.15) is 0 Å². The minimum Gasteiger partial charge on any atom is -0.300 e. The van der Waals surface area contributed by atoms with Gasteiger partial charge in [0.1, 0.15) is 5.78 Å². The van der Waals surface area contributed by atoms with E-state index in [2.05, 4.69) is 20.8 Å². The van der Waals surface area contributed by atoms with Gasteiger partial charge in [-0.3, -0.25) is 4.79 Å². The van der Waals surface area contributed by atoms with Crippen molar-refractivity contribution in [2.75, 3.05) is 0 Å². The lowest BCUT2D eigenvalue weighted by Crippen LogP contribution is -2.20. The average molecular weight is 238 g/mol. The maximum Gasteiger partial charge on any atom is 0.156 e. The molecule has 0 saturated carbocycles. The van der Waals surface area contributed by atoms with Crippen molar-refractivity contribution >= 4 is 11.6 Å². The Balaban J connectivity index is 0.000000325. The molecule has 0 saturated heterocycles. The van der Waals surface area contributed by atoms with Crippen LogP contribution in [0.15, 0.2) is 11.6 Å². The molecule has 0 unspecified atom stereocenters. The standard InChI is InChI=1S/C9H14O.C6H12O/c1-7-4-8(10)6-9(2,3)5-7;1-3-4-5-6(2)7/h4H,5-6H2,1-3H3;3-5H2,1-2H3. The van der Waals surface area contributed by atoms with Gasteiger partial charge in [-0.15, -0.1) is 0 Å². The fourth-order valence-electron chi connectivity index (χ4n) is 2.09. The Labute approximate surface area is 105 Å². The van der Waals surface area contributed by atoms with Crippen LogP contribution in [0, 0.1) is 5.41 Å². The molecule has 0 atom stereocenters. The average Bonchev–Trinajstić information content (AvgIpc) is 2.11. The van der Waals surface area contributed by atoms with Crippen LogP contribution in [0.3, 0.4) is 0 Å². The molecule has 0 fully saturated rings. The van der Waals surface area contributed by atoms with Crippen molar-refractivity contribution in [2.45, 2.75) is 66.7 Å². The molecule has 1 aliphatic rings. The topological polar surface area (TPSA) is 34.1 Å². The molecule has 2 nitrogen and oxygen atoms in total. The Bertz CT molecular complexity index is 298. The SMILES string of the molecule is CC1=CC(=O)CC(C)(C)C1.CCCCC(C)=O. The Morgan fingerprint density at radius 2 is 1.94 bits per heavy atom. The summed E-state index contributed by atoms with van der Waals surface area (Å²) in [6, 6.07) is 0. The van der Waals surface area contributed by atoms with Crippen LogP contribution >= 0.6 is 0 Å². The first-order valence-electron chi connectivity index (χ1n) is 6.46. The molecule has 17 heavy (non-hydrogen) atoms. The Kier molecular flexibility index (Phi) is 7.01. The smallest absolute Gasteiger partial charge is 0.156 e. The van der Waals surface area contributed by atoms with Crippen LogP contribution in [0.4, 0.5) is 0 Å². The van der Waals surface area contributed by atoms with E-state index >= 15 is 0 Å². The molecule has 98 valence electrons. The zero-order valence-electron chi connectivity index (χ0n) is 11.9. The molecular formula is C15H26O2. The number of rotatable bonds is 3. The second-order valence-corrected chi connectivity index (χ2v) is 5.78. The van der Waals surface area contributed by atoms with Crippen LogP contribution in [0.25, 0.3) is 0 Å². The van der Waals surface area contributed by atoms with Gasteiger partial charge in [0.25, 0.3) is 0 Å². The molecule has 0 aromatic carbocycles. The highest BCUT2D eigenvalue weighted by molar-refractivity contribution is 5.91. The number of allylic oxidation sites excluding steroid dienone is 2. The maximum atomic E-state index is 11.0. The molecule has 0 heterocycles. The quantitative estimate of drug-likeness (QED) is 0.742. The van der Waals surface area contributed by atoms with Crippen LogP contribution in [0.2, 0.25) is 0 Å². The van der Waals surface area contributed by atoms with Gasteiger partial charge in [-0.25, -0.2) is 0 Å². The third kappa shape index (κ3) is 8.84. The summed E-state index contributed by atoms with van der Waals surface area (Å²) in [6.45, 7) is 10.0. The van der Waals surface area contributed by atoms with E-state index in [1.807, 2.05) is 6.92 Å². The molecule has 0 aliphatic heterocycles. The Hall–Kier alpha value is -0.920. The second kappa shape index (κ2) is 7.41. The zero-order chi connectivity index (χ0) is 13.5. The van der Waals surface area contributed by atoms with Crippen LogP contribution in [-0.4, -0.2) is 11.6 Å². The number of ketones is 2. The number of unbranched alkanes of at least 4 members (excludes halogenated alkanes) is 1. The van der Waals surface area contributed by atoms with E-state index in [0.29, 0.717) is 12.2 Å². The number of hydrogen-bond acceptors (Lipinski definition) is 2. The van der Waals surface area contributed by atoms with Gasteiger partial charge in [-0.05, 0) is 38.2 Å². The summed E-state index contributed by atoms with van der Waals surface area (Å²) in [7, 11) is 0. The summed E-state index contributed by atoms with van der Waals surface area (Å²) < 4.78 is 0. The first-order chi connectivity index (χ1) is 7.76. The molecule has 0 N–H and O–H groups in total. The fraction of sp³-hybridized carbons (Fsp3) is 0.733. The van der Waals surface area contributed by atoms with E-state index in [1.165, 1.54) is 5.57 Å². The van der Waals surface area contributed by atoms with Crippen molar-refractivity contribution in [1.82, 2.24) is 0 Å². The van der Waals surface area contributed by atoms with E-state index in [-0.39, 0.29) is 11.2 Å².